The van der Waals surface area contributed by atoms with E-state index in [2.05, 4.69) is 9.72 Å². The Morgan fingerprint density at radius 3 is 1.96 bits per heavy atom. The molecule has 0 atom stereocenters. The minimum absolute atomic E-state index is 0.365. The van der Waals surface area contributed by atoms with E-state index in [1.165, 1.54) is 13.8 Å². The average molecular weight is 345 g/mol. The lowest BCUT2D eigenvalue weighted by Gasteiger charge is -2.22. The van der Waals surface area contributed by atoms with Crippen LogP contribution in [0.1, 0.15) is 41.5 Å². The van der Waals surface area contributed by atoms with Crippen LogP contribution in [-0.2, 0) is 9.53 Å². The van der Waals surface area contributed by atoms with Crippen molar-refractivity contribution >= 4 is 17.6 Å². The van der Waals surface area contributed by atoms with Gasteiger partial charge in [0.1, 0.15) is 0 Å². The van der Waals surface area contributed by atoms with Gasteiger partial charge in [0.2, 0.25) is 11.4 Å². The predicted octanol–water partition coefficient (Wildman–Crippen LogP) is 3.28. The van der Waals surface area contributed by atoms with Crippen LogP contribution in [0.2, 0.25) is 0 Å². The molecule has 0 saturated carbocycles. The maximum absolute atomic E-state index is 11.4. The summed E-state index contributed by atoms with van der Waals surface area (Å²) in [6, 6.07) is 1.95. The fourth-order valence-electron chi connectivity index (χ4n) is 1.30. The van der Waals surface area contributed by atoms with Crippen molar-refractivity contribution in [2.45, 2.75) is 47.1 Å². The summed E-state index contributed by atoms with van der Waals surface area (Å²) >= 11 is 0. The Morgan fingerprint density at radius 2 is 1.58 bits per heavy atom. The van der Waals surface area contributed by atoms with Crippen LogP contribution >= 0.6 is 0 Å². The molecule has 0 unspecified atom stereocenters. The number of hydrogen-bond donors (Lipinski definition) is 0. The van der Waals surface area contributed by atoms with Crippen LogP contribution in [-0.4, -0.2) is 33.5 Å². The van der Waals surface area contributed by atoms with E-state index in [0.717, 1.165) is 19.2 Å². The first-order chi connectivity index (χ1) is 11.2. The Bertz CT molecular complexity index is 573. The smallest absolute Gasteiger partial charge is 0.410 e. The third-order valence-electron chi connectivity index (χ3n) is 2.23. The minimum Gasteiger partial charge on any atom is -0.468 e. The summed E-state index contributed by atoms with van der Waals surface area (Å²) in [5.74, 6) is -2.67. The van der Waals surface area contributed by atoms with Gasteiger partial charge in [0.25, 0.3) is 0 Å². The van der Waals surface area contributed by atoms with Gasteiger partial charge in [-0.3, -0.25) is 0 Å². The van der Waals surface area contributed by atoms with Crippen molar-refractivity contribution in [3.05, 3.63) is 32.4 Å². The van der Waals surface area contributed by atoms with Crippen molar-refractivity contribution < 1.29 is 24.1 Å². The van der Waals surface area contributed by atoms with E-state index in [-0.39, 0.29) is 5.75 Å². The van der Waals surface area contributed by atoms with Crippen molar-refractivity contribution in [1.29, 1.82) is 0 Å². The highest BCUT2D eigenvalue weighted by Gasteiger charge is 2.34. The first kappa shape index (κ1) is 23.5. The number of rotatable bonds is 5. The monoisotopic (exact) mass is 345 g/mol. The van der Waals surface area contributed by atoms with Crippen LogP contribution in [0.3, 0.4) is 0 Å². The number of nitro groups is 2. The van der Waals surface area contributed by atoms with Crippen LogP contribution in [0.5, 0.6) is 5.75 Å². The number of ether oxygens (including phenoxy) is 2. The van der Waals surface area contributed by atoms with Crippen molar-refractivity contribution in [3.63, 3.8) is 0 Å². The lowest BCUT2D eigenvalue weighted by molar-refractivity contribution is -0.403. The molecule has 0 aliphatic carbocycles. The SMILES string of the molecule is CC.CC.COC(=O)C(C)(C)Oc1ccc([N+](=O)[O-])nc1[N+](=O)[O-]. The van der Waals surface area contributed by atoms with Crippen molar-refractivity contribution in [2.75, 3.05) is 7.11 Å². The lowest BCUT2D eigenvalue weighted by atomic mass is 10.1. The zero-order valence-corrected chi connectivity index (χ0v) is 14.9. The van der Waals surface area contributed by atoms with Gasteiger partial charge in [-0.1, -0.05) is 27.7 Å². The third-order valence-corrected chi connectivity index (χ3v) is 2.23. The average Bonchev–Trinajstić information content (AvgIpc) is 2.57. The fraction of sp³-hybridized carbons (Fsp3) is 0.571. The minimum atomic E-state index is -1.50. The number of methoxy groups -OCH3 is 1. The van der Waals surface area contributed by atoms with Crippen molar-refractivity contribution in [2.24, 2.45) is 0 Å². The molecule has 0 bridgehead atoms. The zero-order valence-electron chi connectivity index (χ0n) is 14.9. The Balaban J connectivity index is 0. The molecule has 0 saturated heterocycles. The summed E-state index contributed by atoms with van der Waals surface area (Å²) in [6.07, 6.45) is 0. The van der Waals surface area contributed by atoms with Gasteiger partial charge in [-0.05, 0) is 29.8 Å². The summed E-state index contributed by atoms with van der Waals surface area (Å²) in [6.45, 7) is 10.7. The maximum atomic E-state index is 11.4. The molecular formula is C14H23N3O7. The van der Waals surface area contributed by atoms with Gasteiger partial charge in [-0.15, -0.1) is 0 Å². The Morgan fingerprint density at radius 1 is 1.08 bits per heavy atom. The number of carbonyl (C=O) groups excluding carboxylic acids is 1. The van der Waals surface area contributed by atoms with Crippen LogP contribution in [0.4, 0.5) is 11.6 Å². The Labute approximate surface area is 140 Å². The van der Waals surface area contributed by atoms with Gasteiger partial charge in [-0.25, -0.2) is 4.79 Å². The standard InChI is InChI=1S/C10H11N3O7.2C2H6/c1-10(2,9(14)19-3)20-6-4-5-7(12(15)16)11-8(6)13(17)18;2*1-2/h4-5H,1-3H3;2*1-2H3. The highest BCUT2D eigenvalue weighted by molar-refractivity contribution is 5.79. The molecule has 1 aromatic heterocycles. The van der Waals surface area contributed by atoms with Crippen LogP contribution in [0.15, 0.2) is 12.1 Å². The van der Waals surface area contributed by atoms with Gasteiger partial charge in [0.15, 0.2) is 0 Å². The highest BCUT2D eigenvalue weighted by atomic mass is 16.6. The number of esters is 1. The van der Waals surface area contributed by atoms with E-state index < -0.39 is 33.1 Å². The molecule has 1 aromatic rings. The molecule has 0 amide bonds. The fourth-order valence-corrected chi connectivity index (χ4v) is 1.30. The summed E-state index contributed by atoms with van der Waals surface area (Å²) in [5, 5.41) is 21.4. The van der Waals surface area contributed by atoms with E-state index >= 15 is 0 Å². The second kappa shape index (κ2) is 10.9. The molecule has 1 heterocycles. The van der Waals surface area contributed by atoms with E-state index in [1.54, 1.807) is 0 Å². The molecule has 0 aliphatic rings. The first-order valence-corrected chi connectivity index (χ1v) is 7.26. The predicted molar refractivity (Wildman–Crippen MR) is 87.0 cm³/mol. The Hall–Kier alpha value is -2.78. The molecular weight excluding hydrogens is 322 g/mol. The largest absolute Gasteiger partial charge is 0.468 e. The van der Waals surface area contributed by atoms with Crippen LogP contribution in [0, 0.1) is 20.2 Å². The first-order valence-electron chi connectivity index (χ1n) is 7.26. The molecule has 0 spiro atoms. The Kier molecular flexibility index (Phi) is 10.6. The molecule has 0 aromatic carbocycles. The maximum Gasteiger partial charge on any atom is 0.410 e. The van der Waals surface area contributed by atoms with E-state index in [9.17, 15) is 25.0 Å². The number of pyridine rings is 1. The van der Waals surface area contributed by atoms with Gasteiger partial charge in [0.05, 0.1) is 7.11 Å². The van der Waals surface area contributed by atoms with Crippen LogP contribution < -0.4 is 4.74 Å². The second-order valence-electron chi connectivity index (χ2n) is 4.11. The lowest BCUT2D eigenvalue weighted by Crippen LogP contribution is -2.39. The summed E-state index contributed by atoms with van der Waals surface area (Å²) in [5.41, 5.74) is -1.50. The molecule has 136 valence electrons. The molecule has 10 heteroatoms. The number of aromatic nitrogens is 1. The number of nitrogens with zero attached hydrogens (tertiary/aromatic N) is 3. The van der Waals surface area contributed by atoms with Gasteiger partial charge in [0, 0.05) is 11.1 Å². The second-order valence-corrected chi connectivity index (χ2v) is 4.11. The topological polar surface area (TPSA) is 135 Å². The van der Waals surface area contributed by atoms with E-state index in [0.29, 0.717) is 0 Å². The van der Waals surface area contributed by atoms with E-state index in [1.807, 2.05) is 27.7 Å². The summed E-state index contributed by atoms with van der Waals surface area (Å²) in [4.78, 5) is 34.3. The van der Waals surface area contributed by atoms with Gasteiger partial charge < -0.3 is 29.7 Å². The summed E-state index contributed by atoms with van der Waals surface area (Å²) in [7, 11) is 1.13. The quantitative estimate of drug-likeness (QED) is 0.450. The normalized spacial score (nSPS) is 9.46. The summed E-state index contributed by atoms with van der Waals surface area (Å²) < 4.78 is 9.67. The van der Waals surface area contributed by atoms with Crippen molar-refractivity contribution in [3.8, 4) is 5.75 Å². The zero-order chi connectivity index (χ0) is 19.5. The molecule has 0 fully saturated rings. The van der Waals surface area contributed by atoms with E-state index in [4.69, 9.17) is 4.74 Å². The third kappa shape index (κ3) is 6.55. The van der Waals surface area contributed by atoms with Gasteiger partial charge in [-0.2, -0.15) is 0 Å². The molecule has 10 nitrogen and oxygen atoms in total. The van der Waals surface area contributed by atoms with Crippen LogP contribution in [0.25, 0.3) is 0 Å². The van der Waals surface area contributed by atoms with Gasteiger partial charge >= 0.3 is 17.6 Å². The molecule has 0 radical (unpaired) electrons. The number of carbonyl (C=O) groups is 1. The molecule has 0 aliphatic heterocycles. The van der Waals surface area contributed by atoms with Crippen molar-refractivity contribution in [1.82, 2.24) is 4.98 Å². The molecule has 24 heavy (non-hydrogen) atoms. The number of hydrogen-bond acceptors (Lipinski definition) is 8. The molecule has 1 rings (SSSR count). The molecule has 0 N–H and O–H groups in total. The highest BCUT2D eigenvalue weighted by Crippen LogP contribution is 2.30.